The molecule has 2 heteroatoms. The van der Waals surface area contributed by atoms with Crippen molar-refractivity contribution >= 4 is 5.97 Å². The summed E-state index contributed by atoms with van der Waals surface area (Å²) in [5, 5.41) is 0. The third-order valence-corrected chi connectivity index (χ3v) is 8.35. The molecule has 0 bridgehead atoms. The first-order valence-corrected chi connectivity index (χ1v) is 17.0. The summed E-state index contributed by atoms with van der Waals surface area (Å²) in [4.78, 5) is 12.8. The van der Waals surface area contributed by atoms with Crippen molar-refractivity contribution in [1.29, 1.82) is 0 Å². The van der Waals surface area contributed by atoms with Gasteiger partial charge < -0.3 is 4.74 Å². The number of benzene rings is 2. The Kier molecular flexibility index (Phi) is 16.0. The smallest absolute Gasteiger partial charge is 0.316 e. The van der Waals surface area contributed by atoms with E-state index in [1.165, 1.54) is 36.0 Å². The lowest BCUT2D eigenvalue weighted by molar-refractivity contribution is -0.160. The zero-order valence-corrected chi connectivity index (χ0v) is 30.1. The summed E-state index contributed by atoms with van der Waals surface area (Å²) in [6.07, 6.45) is 8.57. The molecule has 242 valence electrons. The van der Waals surface area contributed by atoms with E-state index in [2.05, 4.69) is 130 Å². The maximum Gasteiger partial charge on any atom is 0.316 e. The lowest BCUT2D eigenvalue weighted by atomic mass is 9.71. The number of esters is 1. The normalized spacial score (nSPS) is 14.7. The van der Waals surface area contributed by atoms with Gasteiger partial charge in [0.2, 0.25) is 0 Å². The summed E-state index contributed by atoms with van der Waals surface area (Å²) in [5.74, 6) is 1.19. The van der Waals surface area contributed by atoms with Crippen molar-refractivity contribution in [3.05, 3.63) is 72.3 Å². The molecule has 0 aliphatic carbocycles. The lowest BCUT2D eigenvalue weighted by Gasteiger charge is -2.35. The molecule has 0 aromatic heterocycles. The fourth-order valence-corrected chi connectivity index (χ4v) is 5.92. The first kappa shape index (κ1) is 38.7. The van der Waals surface area contributed by atoms with Crippen molar-refractivity contribution in [2.45, 2.75) is 146 Å². The third-order valence-electron chi connectivity index (χ3n) is 8.35. The van der Waals surface area contributed by atoms with Gasteiger partial charge in [-0.25, -0.2) is 0 Å². The van der Waals surface area contributed by atoms with Crippen LogP contribution in [0.4, 0.5) is 0 Å². The van der Waals surface area contributed by atoms with Crippen LogP contribution in [0, 0.1) is 22.2 Å². The van der Waals surface area contributed by atoms with Gasteiger partial charge in [-0.05, 0) is 85.3 Å². The molecular weight excluding hydrogens is 524 g/mol. The Labute approximate surface area is 267 Å². The summed E-state index contributed by atoms with van der Waals surface area (Å²) in [6.45, 7) is 30.5. The van der Waals surface area contributed by atoms with Gasteiger partial charge in [-0.1, -0.05) is 155 Å². The summed E-state index contributed by atoms with van der Waals surface area (Å²) in [6, 6.07) is 19.8. The van der Waals surface area contributed by atoms with Crippen LogP contribution in [0.3, 0.4) is 0 Å². The Bertz CT molecular complexity index is 1080. The predicted octanol–water partition coefficient (Wildman–Crippen LogP) is 12.8. The molecule has 3 atom stereocenters. The van der Waals surface area contributed by atoms with E-state index >= 15 is 0 Å². The molecule has 3 unspecified atom stereocenters. The first-order valence-electron chi connectivity index (χ1n) is 17.0. The van der Waals surface area contributed by atoms with Gasteiger partial charge in [0.1, 0.15) is 6.10 Å². The highest BCUT2D eigenvalue weighted by atomic mass is 16.5. The summed E-state index contributed by atoms with van der Waals surface area (Å²) in [7, 11) is 0. The van der Waals surface area contributed by atoms with E-state index in [1.54, 1.807) is 0 Å². The zero-order chi connectivity index (χ0) is 32.8. The molecule has 0 N–H and O–H groups in total. The van der Waals surface area contributed by atoms with E-state index in [4.69, 9.17) is 4.74 Å². The Morgan fingerprint density at radius 3 is 1.88 bits per heavy atom. The second kappa shape index (κ2) is 17.8. The minimum Gasteiger partial charge on any atom is -0.462 e. The molecule has 43 heavy (non-hydrogen) atoms. The van der Waals surface area contributed by atoms with E-state index in [0.717, 1.165) is 37.7 Å². The highest BCUT2D eigenvalue weighted by molar-refractivity contribution is 5.80. The SMILES string of the molecule is C=C(C)C(C)(CC(C)(C)C)C(=O)OC(CCC)CCCCC.CC(C)C(CC(C)(C)C)c1cccc(-c2ccccc2)c1. The van der Waals surface area contributed by atoms with Crippen LogP contribution in [0.25, 0.3) is 11.1 Å². The molecule has 0 amide bonds. The van der Waals surface area contributed by atoms with Gasteiger partial charge in [0.15, 0.2) is 0 Å². The Balaban J connectivity index is 0.000000430. The van der Waals surface area contributed by atoms with Crippen LogP contribution in [0.15, 0.2) is 66.7 Å². The standard InChI is InChI=1S/C21H28.C20H38O2/c1-16(2)20(15-21(3,4)5)19-13-9-12-18(14-19)17-10-7-6-8-11-17;1-9-11-12-14-17(13-10-2)22-18(21)20(8,16(3)4)15-19(5,6)7/h6-14,16,20H,15H2,1-5H3;17H,3,9-15H2,1-2,4-8H3. The van der Waals surface area contributed by atoms with Crippen molar-refractivity contribution in [3.8, 4) is 11.1 Å². The van der Waals surface area contributed by atoms with E-state index in [-0.39, 0.29) is 17.5 Å². The predicted molar refractivity (Wildman–Crippen MR) is 189 cm³/mol. The molecule has 0 aliphatic heterocycles. The number of carbonyl (C=O) groups excluding carboxylic acids is 1. The fourth-order valence-electron chi connectivity index (χ4n) is 5.92. The molecule has 2 rings (SSSR count). The first-order chi connectivity index (χ1) is 19.9. The van der Waals surface area contributed by atoms with Crippen molar-refractivity contribution in [2.75, 3.05) is 0 Å². The Morgan fingerprint density at radius 2 is 1.40 bits per heavy atom. The van der Waals surface area contributed by atoms with Crippen molar-refractivity contribution < 1.29 is 9.53 Å². The van der Waals surface area contributed by atoms with Crippen LogP contribution in [0.5, 0.6) is 0 Å². The van der Waals surface area contributed by atoms with Gasteiger partial charge in [-0.2, -0.15) is 0 Å². The molecule has 0 spiro atoms. The van der Waals surface area contributed by atoms with Gasteiger partial charge in [0, 0.05) is 0 Å². The molecule has 2 nitrogen and oxygen atoms in total. The molecule has 2 aromatic carbocycles. The fraction of sp³-hybridized carbons (Fsp3) is 0.634. The van der Waals surface area contributed by atoms with Gasteiger partial charge in [0.25, 0.3) is 0 Å². The van der Waals surface area contributed by atoms with Crippen LogP contribution >= 0.6 is 0 Å². The van der Waals surface area contributed by atoms with Crippen LogP contribution in [0.1, 0.15) is 146 Å². The van der Waals surface area contributed by atoms with Crippen LogP contribution in [-0.4, -0.2) is 12.1 Å². The highest BCUT2D eigenvalue weighted by Crippen LogP contribution is 2.40. The maximum absolute atomic E-state index is 12.8. The minimum atomic E-state index is -0.588. The third kappa shape index (κ3) is 14.3. The number of hydrogen-bond acceptors (Lipinski definition) is 2. The lowest BCUT2D eigenvalue weighted by Crippen LogP contribution is -2.37. The summed E-state index contributed by atoms with van der Waals surface area (Å²) >= 11 is 0. The molecule has 0 radical (unpaired) electrons. The quantitative estimate of drug-likeness (QED) is 0.124. The van der Waals surface area contributed by atoms with E-state index < -0.39 is 5.41 Å². The average Bonchev–Trinajstić information content (AvgIpc) is 2.91. The van der Waals surface area contributed by atoms with Crippen LogP contribution in [0.2, 0.25) is 0 Å². The largest absolute Gasteiger partial charge is 0.462 e. The molecular formula is C41H66O2. The van der Waals surface area contributed by atoms with E-state index in [9.17, 15) is 4.79 Å². The highest BCUT2D eigenvalue weighted by Gasteiger charge is 2.40. The molecule has 0 heterocycles. The molecule has 0 aliphatic rings. The number of carbonyl (C=O) groups is 1. The maximum atomic E-state index is 12.8. The summed E-state index contributed by atoms with van der Waals surface area (Å²) < 4.78 is 5.91. The van der Waals surface area contributed by atoms with Gasteiger partial charge in [-0.3, -0.25) is 4.79 Å². The molecule has 0 saturated heterocycles. The average molecular weight is 591 g/mol. The summed E-state index contributed by atoms with van der Waals surface area (Å²) in [5.41, 5.74) is 4.84. The monoisotopic (exact) mass is 591 g/mol. The minimum absolute atomic E-state index is 0.0580. The number of unbranched alkanes of at least 4 members (excludes halogenated alkanes) is 2. The van der Waals surface area contributed by atoms with Gasteiger partial charge >= 0.3 is 5.97 Å². The second-order valence-electron chi connectivity index (χ2n) is 15.8. The van der Waals surface area contributed by atoms with E-state index in [0.29, 0.717) is 17.3 Å². The molecule has 2 aromatic rings. The Hall–Kier alpha value is -2.35. The Morgan fingerprint density at radius 1 is 0.791 bits per heavy atom. The number of rotatable bonds is 14. The van der Waals surface area contributed by atoms with Gasteiger partial charge in [0.05, 0.1) is 5.41 Å². The van der Waals surface area contributed by atoms with Crippen molar-refractivity contribution in [2.24, 2.45) is 22.2 Å². The zero-order valence-electron chi connectivity index (χ0n) is 30.1. The topological polar surface area (TPSA) is 26.3 Å². The molecule has 0 fully saturated rings. The van der Waals surface area contributed by atoms with Gasteiger partial charge in [-0.15, -0.1) is 0 Å². The van der Waals surface area contributed by atoms with Crippen molar-refractivity contribution in [3.63, 3.8) is 0 Å². The van der Waals surface area contributed by atoms with Crippen molar-refractivity contribution in [1.82, 2.24) is 0 Å². The van der Waals surface area contributed by atoms with Crippen LogP contribution < -0.4 is 0 Å². The second-order valence-corrected chi connectivity index (χ2v) is 15.8. The number of ether oxygens (including phenoxy) is 1. The van der Waals surface area contributed by atoms with E-state index in [1.807, 2.05) is 13.8 Å². The van der Waals surface area contributed by atoms with Crippen LogP contribution in [-0.2, 0) is 9.53 Å². The number of hydrogen-bond donors (Lipinski definition) is 0. The molecule has 0 saturated carbocycles.